The number of nitrogens with zero attached hydrogens (tertiary/aromatic N) is 2. The zero-order chi connectivity index (χ0) is 18.1. The summed E-state index contributed by atoms with van der Waals surface area (Å²) in [6.45, 7) is 1.47. The van der Waals surface area contributed by atoms with E-state index in [4.69, 9.17) is 0 Å². The van der Waals surface area contributed by atoms with Gasteiger partial charge < -0.3 is 4.90 Å². The molecule has 5 nitrogen and oxygen atoms in total. The lowest BCUT2D eigenvalue weighted by atomic mass is 9.95. The Bertz CT molecular complexity index is 893. The van der Waals surface area contributed by atoms with E-state index in [9.17, 15) is 13.2 Å². The predicted molar refractivity (Wildman–Crippen MR) is 103 cm³/mol. The zero-order valence-corrected chi connectivity index (χ0v) is 16.1. The van der Waals surface area contributed by atoms with Crippen molar-refractivity contribution >= 4 is 33.0 Å². The van der Waals surface area contributed by atoms with Crippen LogP contribution >= 0.6 is 11.3 Å². The third kappa shape index (κ3) is 3.19. The smallest absolute Gasteiger partial charge is 0.252 e. The number of hydrogen-bond acceptors (Lipinski definition) is 4. The van der Waals surface area contributed by atoms with Crippen molar-refractivity contribution in [3.63, 3.8) is 0 Å². The molecule has 2 aliphatic heterocycles. The monoisotopic (exact) mass is 390 g/mol. The van der Waals surface area contributed by atoms with Gasteiger partial charge in [-0.25, -0.2) is 8.42 Å². The summed E-state index contributed by atoms with van der Waals surface area (Å²) in [5, 5.41) is 1.77. The quantitative estimate of drug-likeness (QED) is 0.809. The number of sulfonamides is 1. The van der Waals surface area contributed by atoms with Gasteiger partial charge in [-0.3, -0.25) is 4.79 Å². The van der Waals surface area contributed by atoms with Crippen molar-refractivity contribution in [3.05, 3.63) is 47.3 Å². The fraction of sp³-hybridized carbons (Fsp3) is 0.421. The summed E-state index contributed by atoms with van der Waals surface area (Å²) >= 11 is 1.23. The Morgan fingerprint density at radius 1 is 1.08 bits per heavy atom. The van der Waals surface area contributed by atoms with E-state index in [-0.39, 0.29) is 18.4 Å². The molecule has 1 aromatic heterocycles. The largest absolute Gasteiger partial charge is 0.312 e. The number of hydrogen-bond donors (Lipinski definition) is 0. The number of amides is 1. The number of para-hydroxylation sites is 1. The molecule has 1 unspecified atom stereocenters. The van der Waals surface area contributed by atoms with Gasteiger partial charge in [0.1, 0.15) is 4.21 Å². The van der Waals surface area contributed by atoms with E-state index in [1.54, 1.807) is 17.5 Å². The number of piperidine rings is 1. The highest BCUT2D eigenvalue weighted by atomic mass is 32.2. The van der Waals surface area contributed by atoms with Crippen LogP contribution in [-0.4, -0.2) is 38.3 Å². The molecule has 1 saturated heterocycles. The Labute approximate surface area is 158 Å². The predicted octanol–water partition coefficient (Wildman–Crippen LogP) is 3.13. The molecule has 0 aliphatic carbocycles. The molecule has 0 N–H and O–H groups in total. The number of aryl methyl sites for hydroxylation is 1. The van der Waals surface area contributed by atoms with Crippen LogP contribution in [0.3, 0.4) is 0 Å². The summed E-state index contributed by atoms with van der Waals surface area (Å²) in [6, 6.07) is 11.4. The van der Waals surface area contributed by atoms with Gasteiger partial charge in [0.05, 0.1) is 5.92 Å². The molecule has 1 atom stereocenters. The van der Waals surface area contributed by atoms with Gasteiger partial charge in [-0.05, 0) is 48.8 Å². The molecule has 138 valence electrons. The van der Waals surface area contributed by atoms with E-state index in [1.165, 1.54) is 21.2 Å². The number of benzene rings is 1. The number of anilines is 1. The Balaban J connectivity index is 1.55. The van der Waals surface area contributed by atoms with Gasteiger partial charge in [-0.1, -0.05) is 24.3 Å². The lowest BCUT2D eigenvalue weighted by molar-refractivity contribution is -0.123. The first-order valence-corrected chi connectivity index (χ1v) is 11.3. The van der Waals surface area contributed by atoms with Gasteiger partial charge in [0.2, 0.25) is 5.91 Å². The molecule has 7 heteroatoms. The number of carbonyl (C=O) groups is 1. The van der Waals surface area contributed by atoms with Crippen LogP contribution in [0.4, 0.5) is 5.69 Å². The highest BCUT2D eigenvalue weighted by Gasteiger charge is 2.36. The maximum absolute atomic E-state index is 13.2. The van der Waals surface area contributed by atoms with Gasteiger partial charge in [0.25, 0.3) is 10.0 Å². The summed E-state index contributed by atoms with van der Waals surface area (Å²) in [5.41, 5.74) is 2.19. The van der Waals surface area contributed by atoms with Crippen LogP contribution in [0, 0.1) is 5.92 Å². The van der Waals surface area contributed by atoms with Crippen molar-refractivity contribution in [1.29, 1.82) is 0 Å². The average molecular weight is 391 g/mol. The maximum Gasteiger partial charge on any atom is 0.252 e. The van der Waals surface area contributed by atoms with E-state index in [2.05, 4.69) is 6.07 Å². The molecule has 4 rings (SSSR count). The second kappa shape index (κ2) is 7.13. The second-order valence-electron chi connectivity index (χ2n) is 6.86. The number of fused-ring (bicyclic) bond motifs is 1. The lowest BCUT2D eigenvalue weighted by Crippen LogP contribution is -2.47. The number of thiophene rings is 1. The van der Waals surface area contributed by atoms with Crippen molar-refractivity contribution in [2.24, 2.45) is 5.92 Å². The molecule has 3 heterocycles. The summed E-state index contributed by atoms with van der Waals surface area (Å²) in [6.07, 6.45) is 3.40. The van der Waals surface area contributed by atoms with E-state index in [0.29, 0.717) is 17.3 Å². The molecule has 0 bridgehead atoms. The van der Waals surface area contributed by atoms with Crippen LogP contribution in [0.25, 0.3) is 0 Å². The molecule has 0 radical (unpaired) electrons. The third-order valence-corrected chi connectivity index (χ3v) is 8.44. The van der Waals surface area contributed by atoms with Crippen LogP contribution in [0.1, 0.15) is 24.8 Å². The van der Waals surface area contributed by atoms with Crippen LogP contribution in [0.15, 0.2) is 46.0 Å². The summed E-state index contributed by atoms with van der Waals surface area (Å²) in [5.74, 6) is -0.215. The van der Waals surface area contributed by atoms with Gasteiger partial charge in [0, 0.05) is 25.3 Å². The van der Waals surface area contributed by atoms with Gasteiger partial charge in [-0.2, -0.15) is 4.31 Å². The van der Waals surface area contributed by atoms with E-state index in [0.717, 1.165) is 31.4 Å². The normalized spacial score (nSPS) is 21.4. The molecular weight excluding hydrogens is 368 g/mol. The first kappa shape index (κ1) is 17.7. The third-order valence-electron chi connectivity index (χ3n) is 5.20. The standard InChI is InChI=1S/C19H22N2O3S2/c22-19(21-12-4-7-15-6-1-2-9-17(15)21)16-8-3-11-20(14-16)26(23,24)18-10-5-13-25-18/h1-2,5-6,9-10,13,16H,3-4,7-8,11-12,14H2. The highest BCUT2D eigenvalue weighted by Crippen LogP contribution is 2.31. The second-order valence-corrected chi connectivity index (χ2v) is 9.97. The molecule has 1 fully saturated rings. The summed E-state index contributed by atoms with van der Waals surface area (Å²) in [4.78, 5) is 15.0. The van der Waals surface area contributed by atoms with E-state index >= 15 is 0 Å². The van der Waals surface area contributed by atoms with Crippen molar-refractivity contribution in [1.82, 2.24) is 4.31 Å². The summed E-state index contributed by atoms with van der Waals surface area (Å²) in [7, 11) is -3.50. The molecule has 26 heavy (non-hydrogen) atoms. The molecule has 0 saturated carbocycles. The number of carbonyl (C=O) groups excluding carboxylic acids is 1. The SMILES string of the molecule is O=C(C1CCCN(S(=O)(=O)c2cccs2)C1)N1CCCc2ccccc21. The highest BCUT2D eigenvalue weighted by molar-refractivity contribution is 7.91. The Kier molecular flexibility index (Phi) is 4.86. The Morgan fingerprint density at radius 2 is 1.92 bits per heavy atom. The van der Waals surface area contributed by atoms with Crippen molar-refractivity contribution < 1.29 is 13.2 Å². The van der Waals surface area contributed by atoms with Crippen LogP contribution in [0.5, 0.6) is 0 Å². The van der Waals surface area contributed by atoms with Crippen LogP contribution in [-0.2, 0) is 21.2 Å². The molecule has 1 amide bonds. The first-order chi connectivity index (χ1) is 12.6. The lowest BCUT2D eigenvalue weighted by Gasteiger charge is -2.36. The van der Waals surface area contributed by atoms with Crippen molar-refractivity contribution in [2.75, 3.05) is 24.5 Å². The van der Waals surface area contributed by atoms with E-state index in [1.807, 2.05) is 23.1 Å². The fourth-order valence-electron chi connectivity index (χ4n) is 3.88. The molecule has 1 aromatic carbocycles. The van der Waals surface area contributed by atoms with E-state index < -0.39 is 10.0 Å². The molecule has 2 aliphatic rings. The first-order valence-electron chi connectivity index (χ1n) is 9.00. The fourth-order valence-corrected chi connectivity index (χ4v) is 6.55. The molecule has 0 spiro atoms. The van der Waals surface area contributed by atoms with Crippen molar-refractivity contribution in [2.45, 2.75) is 29.9 Å². The Morgan fingerprint density at radius 3 is 2.73 bits per heavy atom. The summed E-state index contributed by atoms with van der Waals surface area (Å²) < 4.78 is 27.4. The average Bonchev–Trinajstić information content (AvgIpc) is 3.23. The zero-order valence-electron chi connectivity index (χ0n) is 14.5. The Hall–Kier alpha value is -1.70. The minimum absolute atomic E-state index is 0.0585. The minimum Gasteiger partial charge on any atom is -0.312 e. The maximum atomic E-state index is 13.2. The van der Waals surface area contributed by atoms with Crippen molar-refractivity contribution in [3.8, 4) is 0 Å². The molecule has 2 aromatic rings. The minimum atomic E-state index is -3.50. The number of rotatable bonds is 3. The van der Waals surface area contributed by atoms with Gasteiger partial charge in [-0.15, -0.1) is 11.3 Å². The van der Waals surface area contributed by atoms with Gasteiger partial charge in [0.15, 0.2) is 0 Å². The van der Waals surface area contributed by atoms with Gasteiger partial charge >= 0.3 is 0 Å². The molecular formula is C19H22N2O3S2. The topological polar surface area (TPSA) is 57.7 Å². The van der Waals surface area contributed by atoms with Crippen LogP contribution < -0.4 is 4.90 Å². The van der Waals surface area contributed by atoms with Crippen LogP contribution in [0.2, 0.25) is 0 Å².